The number of nitrogens with zero attached hydrogens (tertiary/aromatic N) is 2. The Morgan fingerprint density at radius 3 is 2.75 bits per heavy atom. The number of piperidine rings is 1. The lowest BCUT2D eigenvalue weighted by Crippen LogP contribution is -2.38. The predicted molar refractivity (Wildman–Crippen MR) is 79.7 cm³/mol. The van der Waals surface area contributed by atoms with Crippen molar-refractivity contribution in [3.05, 3.63) is 29.8 Å². The number of benzene rings is 1. The summed E-state index contributed by atoms with van der Waals surface area (Å²) >= 11 is 0. The van der Waals surface area contributed by atoms with Gasteiger partial charge in [0.05, 0.1) is 6.42 Å². The molecule has 0 aliphatic carbocycles. The lowest BCUT2D eigenvalue weighted by atomic mass is 9.96. The molecule has 1 aromatic carbocycles. The normalized spacial score (nSPS) is 17.1. The maximum Gasteiger partial charge on any atom is 0.226 e. The number of hydrogen-bond acceptors (Lipinski definition) is 3. The number of carbonyl (C=O) groups excluding carboxylic acids is 1. The van der Waals surface area contributed by atoms with Gasteiger partial charge in [-0.05, 0) is 56.6 Å². The van der Waals surface area contributed by atoms with Crippen molar-refractivity contribution in [2.75, 3.05) is 33.7 Å². The summed E-state index contributed by atoms with van der Waals surface area (Å²) in [6, 6.07) is 6.92. The minimum atomic E-state index is 0.120. The van der Waals surface area contributed by atoms with Crippen molar-refractivity contribution in [2.24, 2.45) is 5.92 Å². The summed E-state index contributed by atoms with van der Waals surface area (Å²) in [7, 11) is 4.02. The highest BCUT2D eigenvalue weighted by Crippen LogP contribution is 2.17. The monoisotopic (exact) mass is 276 g/mol. The Morgan fingerprint density at radius 1 is 1.40 bits per heavy atom. The van der Waals surface area contributed by atoms with Gasteiger partial charge in [0, 0.05) is 13.6 Å². The van der Waals surface area contributed by atoms with Gasteiger partial charge in [0.15, 0.2) is 0 Å². The van der Waals surface area contributed by atoms with Gasteiger partial charge in [0.25, 0.3) is 0 Å². The van der Waals surface area contributed by atoms with Crippen LogP contribution in [0.3, 0.4) is 0 Å². The van der Waals surface area contributed by atoms with Gasteiger partial charge in [0.2, 0.25) is 5.91 Å². The molecule has 0 spiro atoms. The molecule has 0 bridgehead atoms. The maximum absolute atomic E-state index is 12.2. The van der Waals surface area contributed by atoms with E-state index in [0.29, 0.717) is 12.3 Å². The van der Waals surface area contributed by atoms with Gasteiger partial charge in [0.1, 0.15) is 5.75 Å². The molecule has 1 N–H and O–H groups in total. The van der Waals surface area contributed by atoms with Crippen LogP contribution in [0.1, 0.15) is 18.4 Å². The van der Waals surface area contributed by atoms with E-state index in [1.54, 1.807) is 18.2 Å². The first kappa shape index (κ1) is 14.9. The molecule has 4 heteroatoms. The number of phenols is 1. The van der Waals surface area contributed by atoms with Gasteiger partial charge in [-0.25, -0.2) is 0 Å². The van der Waals surface area contributed by atoms with Crippen LogP contribution in [0.25, 0.3) is 0 Å². The van der Waals surface area contributed by atoms with Gasteiger partial charge in [-0.3, -0.25) is 4.79 Å². The molecule has 1 amide bonds. The van der Waals surface area contributed by atoms with Gasteiger partial charge >= 0.3 is 0 Å². The van der Waals surface area contributed by atoms with Crippen molar-refractivity contribution in [1.29, 1.82) is 0 Å². The summed E-state index contributed by atoms with van der Waals surface area (Å²) in [6.07, 6.45) is 2.69. The van der Waals surface area contributed by atoms with E-state index in [-0.39, 0.29) is 11.7 Å². The minimum absolute atomic E-state index is 0.120. The second kappa shape index (κ2) is 6.75. The van der Waals surface area contributed by atoms with Crippen molar-refractivity contribution in [1.82, 2.24) is 9.80 Å². The van der Waals surface area contributed by atoms with Gasteiger partial charge in [-0.15, -0.1) is 0 Å². The lowest BCUT2D eigenvalue weighted by molar-refractivity contribution is -0.129. The molecule has 110 valence electrons. The van der Waals surface area contributed by atoms with E-state index in [0.717, 1.165) is 25.2 Å². The Balaban J connectivity index is 1.83. The molecule has 4 nitrogen and oxygen atoms in total. The molecule has 20 heavy (non-hydrogen) atoms. The van der Waals surface area contributed by atoms with Crippen molar-refractivity contribution in [3.63, 3.8) is 0 Å². The number of phenolic OH excluding ortho intramolecular Hbond substituents is 1. The number of likely N-dealkylation sites (tertiary alicyclic amines) is 1. The molecule has 0 radical (unpaired) electrons. The quantitative estimate of drug-likeness (QED) is 0.911. The van der Waals surface area contributed by atoms with Crippen LogP contribution in [0.5, 0.6) is 5.75 Å². The third kappa shape index (κ3) is 4.23. The molecule has 0 aromatic heterocycles. The highest BCUT2D eigenvalue weighted by Gasteiger charge is 2.20. The molecule has 1 aliphatic heterocycles. The second-order valence-corrected chi connectivity index (χ2v) is 5.87. The van der Waals surface area contributed by atoms with Crippen molar-refractivity contribution in [3.8, 4) is 5.75 Å². The first-order valence-electron chi connectivity index (χ1n) is 7.25. The van der Waals surface area contributed by atoms with Gasteiger partial charge < -0.3 is 14.9 Å². The molecule has 1 aliphatic rings. The fourth-order valence-electron chi connectivity index (χ4n) is 2.71. The van der Waals surface area contributed by atoms with E-state index in [4.69, 9.17) is 0 Å². The van der Waals surface area contributed by atoms with Crippen LogP contribution in [-0.4, -0.2) is 54.5 Å². The van der Waals surface area contributed by atoms with Gasteiger partial charge in [-0.1, -0.05) is 12.1 Å². The highest BCUT2D eigenvalue weighted by molar-refractivity contribution is 5.78. The molecule has 0 saturated carbocycles. The largest absolute Gasteiger partial charge is 0.508 e. The van der Waals surface area contributed by atoms with Crippen LogP contribution in [0.4, 0.5) is 0 Å². The maximum atomic E-state index is 12.2. The molecular formula is C16H24N2O2. The number of rotatable bonds is 4. The van der Waals surface area contributed by atoms with Crippen molar-refractivity contribution < 1.29 is 9.90 Å². The zero-order valence-corrected chi connectivity index (χ0v) is 12.4. The van der Waals surface area contributed by atoms with Crippen molar-refractivity contribution in [2.45, 2.75) is 19.3 Å². The van der Waals surface area contributed by atoms with Crippen LogP contribution in [0.15, 0.2) is 24.3 Å². The fourth-order valence-corrected chi connectivity index (χ4v) is 2.71. The van der Waals surface area contributed by atoms with E-state index in [1.807, 2.05) is 18.0 Å². The summed E-state index contributed by atoms with van der Waals surface area (Å²) in [5, 5.41) is 9.42. The van der Waals surface area contributed by atoms with E-state index in [1.165, 1.54) is 12.8 Å². The first-order valence-corrected chi connectivity index (χ1v) is 7.25. The molecular weight excluding hydrogens is 252 g/mol. The molecule has 0 atom stereocenters. The molecule has 2 rings (SSSR count). The highest BCUT2D eigenvalue weighted by atomic mass is 16.3. The topological polar surface area (TPSA) is 43.8 Å². The average molecular weight is 276 g/mol. The number of amides is 1. The first-order chi connectivity index (χ1) is 9.54. The van der Waals surface area contributed by atoms with Gasteiger partial charge in [-0.2, -0.15) is 0 Å². The van der Waals surface area contributed by atoms with Crippen LogP contribution in [0, 0.1) is 5.92 Å². The Hall–Kier alpha value is -1.55. The number of hydrogen-bond donors (Lipinski definition) is 1. The summed E-state index contributed by atoms with van der Waals surface area (Å²) in [5.74, 6) is 0.951. The third-order valence-electron chi connectivity index (χ3n) is 4.06. The Morgan fingerprint density at radius 2 is 2.10 bits per heavy atom. The molecule has 1 fully saturated rings. The molecule has 1 heterocycles. The second-order valence-electron chi connectivity index (χ2n) is 5.87. The van der Waals surface area contributed by atoms with Crippen LogP contribution >= 0.6 is 0 Å². The lowest BCUT2D eigenvalue weighted by Gasteiger charge is -2.31. The summed E-state index contributed by atoms with van der Waals surface area (Å²) < 4.78 is 0. The SMILES string of the molecule is CN1CCC(CN(C)C(=O)Cc2cccc(O)c2)CC1. The zero-order chi connectivity index (χ0) is 14.5. The number of aromatic hydroxyl groups is 1. The molecule has 1 saturated heterocycles. The average Bonchev–Trinajstić information content (AvgIpc) is 2.41. The van der Waals surface area contributed by atoms with Crippen molar-refractivity contribution >= 4 is 5.91 Å². The molecule has 1 aromatic rings. The number of likely N-dealkylation sites (N-methyl/N-ethyl adjacent to an activating group) is 1. The summed E-state index contributed by atoms with van der Waals surface area (Å²) in [6.45, 7) is 3.09. The zero-order valence-electron chi connectivity index (χ0n) is 12.4. The fraction of sp³-hybridized carbons (Fsp3) is 0.562. The number of carbonyl (C=O) groups is 1. The smallest absolute Gasteiger partial charge is 0.226 e. The summed E-state index contributed by atoms with van der Waals surface area (Å²) in [5.41, 5.74) is 0.866. The summed E-state index contributed by atoms with van der Waals surface area (Å²) in [4.78, 5) is 16.4. The van der Waals surface area contributed by atoms with Crippen LogP contribution < -0.4 is 0 Å². The Bertz CT molecular complexity index is 454. The van der Waals surface area contributed by atoms with E-state index >= 15 is 0 Å². The van der Waals surface area contributed by atoms with E-state index < -0.39 is 0 Å². The van der Waals surface area contributed by atoms with E-state index in [9.17, 15) is 9.90 Å². The third-order valence-corrected chi connectivity index (χ3v) is 4.06. The Labute approximate surface area is 121 Å². The predicted octanol–water partition coefficient (Wildman–Crippen LogP) is 1.73. The van der Waals surface area contributed by atoms with Crippen LogP contribution in [0.2, 0.25) is 0 Å². The molecule has 0 unspecified atom stereocenters. The standard InChI is InChI=1S/C16H24N2O2/c1-17-8-6-13(7-9-17)12-18(2)16(20)11-14-4-3-5-15(19)10-14/h3-5,10,13,19H,6-9,11-12H2,1-2H3. The minimum Gasteiger partial charge on any atom is -0.508 e. The van der Waals surface area contributed by atoms with E-state index in [2.05, 4.69) is 11.9 Å². The van der Waals surface area contributed by atoms with Crippen LogP contribution in [-0.2, 0) is 11.2 Å². The Kier molecular flexibility index (Phi) is 5.01.